The Labute approximate surface area is 133 Å². The number of likely N-dealkylation sites (tertiary alicyclic amines) is 1. The lowest BCUT2D eigenvalue weighted by molar-refractivity contribution is 0.0658. The molecule has 118 valence electrons. The molecule has 1 N–H and O–H groups in total. The molecule has 1 saturated heterocycles. The van der Waals surface area contributed by atoms with Crippen LogP contribution in [0.1, 0.15) is 47.8 Å². The van der Waals surface area contributed by atoms with Gasteiger partial charge in [0.1, 0.15) is 16.8 Å². The summed E-state index contributed by atoms with van der Waals surface area (Å²) < 4.78 is 5.58. The smallest absolute Gasteiger partial charge is 0.254 e. The minimum Gasteiger partial charge on any atom is -0.467 e. The second-order valence-corrected chi connectivity index (χ2v) is 5.91. The number of rotatable bonds is 2. The molecule has 23 heavy (non-hydrogen) atoms. The molecule has 6 nitrogen and oxygen atoms in total. The van der Waals surface area contributed by atoms with Gasteiger partial charge in [0.15, 0.2) is 0 Å². The fourth-order valence-electron chi connectivity index (χ4n) is 3.27. The van der Waals surface area contributed by atoms with Gasteiger partial charge in [-0.05, 0) is 43.2 Å². The Balaban J connectivity index is 1.68. The summed E-state index contributed by atoms with van der Waals surface area (Å²) in [5.41, 5.74) is 2.12. The molecule has 6 heteroatoms. The summed E-state index contributed by atoms with van der Waals surface area (Å²) in [7, 11) is 0. The van der Waals surface area contributed by atoms with Crippen LogP contribution in [0.3, 0.4) is 0 Å². The molecule has 0 spiro atoms. The number of furan rings is 1. The van der Waals surface area contributed by atoms with Gasteiger partial charge >= 0.3 is 0 Å². The van der Waals surface area contributed by atoms with Gasteiger partial charge < -0.3 is 9.32 Å². The molecule has 1 fully saturated rings. The monoisotopic (exact) mass is 310 g/mol. The number of aromatic amines is 1. The zero-order chi connectivity index (χ0) is 15.6. The molecular weight excluding hydrogens is 292 g/mol. The molecule has 1 aliphatic rings. The van der Waals surface area contributed by atoms with Crippen molar-refractivity contribution in [3.05, 3.63) is 47.9 Å². The van der Waals surface area contributed by atoms with Gasteiger partial charge in [-0.25, -0.2) is 0 Å². The zero-order valence-corrected chi connectivity index (χ0v) is 12.7. The third-order valence-corrected chi connectivity index (χ3v) is 4.45. The molecule has 0 radical (unpaired) electrons. The molecule has 0 bridgehead atoms. The van der Waals surface area contributed by atoms with E-state index in [1.54, 1.807) is 12.3 Å². The van der Waals surface area contributed by atoms with Crippen molar-refractivity contribution in [1.82, 2.24) is 20.3 Å². The lowest BCUT2D eigenvalue weighted by atomic mass is 10.1. The minimum atomic E-state index is 0.00741. The summed E-state index contributed by atoms with van der Waals surface area (Å²) in [6.07, 6.45) is 5.88. The van der Waals surface area contributed by atoms with Gasteiger partial charge in [0.25, 0.3) is 5.91 Å². The first kappa shape index (κ1) is 14.0. The van der Waals surface area contributed by atoms with Crippen molar-refractivity contribution in [3.63, 3.8) is 0 Å². The van der Waals surface area contributed by atoms with Crippen molar-refractivity contribution in [3.8, 4) is 0 Å². The molecule has 3 heterocycles. The Morgan fingerprint density at radius 1 is 1.17 bits per heavy atom. The van der Waals surface area contributed by atoms with Crippen molar-refractivity contribution in [2.45, 2.75) is 31.7 Å². The van der Waals surface area contributed by atoms with Gasteiger partial charge in [0.2, 0.25) is 0 Å². The van der Waals surface area contributed by atoms with E-state index in [4.69, 9.17) is 4.42 Å². The summed E-state index contributed by atoms with van der Waals surface area (Å²) in [5.74, 6) is 0.890. The van der Waals surface area contributed by atoms with Gasteiger partial charge in [-0.3, -0.25) is 4.79 Å². The van der Waals surface area contributed by atoms with Crippen molar-refractivity contribution >= 4 is 16.9 Å². The van der Waals surface area contributed by atoms with Crippen LogP contribution < -0.4 is 0 Å². The van der Waals surface area contributed by atoms with E-state index in [9.17, 15) is 4.79 Å². The lowest BCUT2D eigenvalue weighted by Crippen LogP contribution is -2.34. The number of nitrogens with zero attached hydrogens (tertiary/aromatic N) is 3. The van der Waals surface area contributed by atoms with Crippen LogP contribution in [0.4, 0.5) is 0 Å². The van der Waals surface area contributed by atoms with Crippen LogP contribution in [0.5, 0.6) is 0 Å². The number of H-pyrrole nitrogens is 1. The highest BCUT2D eigenvalue weighted by Gasteiger charge is 2.29. The van der Waals surface area contributed by atoms with Crippen molar-refractivity contribution in [2.24, 2.45) is 0 Å². The lowest BCUT2D eigenvalue weighted by Gasteiger charge is -2.28. The molecule has 4 rings (SSSR count). The number of amides is 1. The number of aromatic nitrogens is 3. The SMILES string of the molecule is O=C(c1ccc2n[nH]nc2c1)N1CCCCC[C@@H]1c1ccco1. The molecular formula is C17H18N4O2. The molecule has 1 amide bonds. The minimum absolute atomic E-state index is 0.00741. The number of fused-ring (bicyclic) bond motifs is 1. The third kappa shape index (κ3) is 2.60. The Hall–Kier alpha value is -2.63. The van der Waals surface area contributed by atoms with E-state index in [1.807, 2.05) is 29.2 Å². The van der Waals surface area contributed by atoms with Gasteiger partial charge in [0, 0.05) is 12.1 Å². The second-order valence-electron chi connectivity index (χ2n) is 5.91. The van der Waals surface area contributed by atoms with Crippen LogP contribution in [0, 0.1) is 0 Å². The molecule has 0 unspecified atom stereocenters. The number of carbonyl (C=O) groups excluding carboxylic acids is 1. The van der Waals surface area contributed by atoms with Gasteiger partial charge in [-0.1, -0.05) is 12.8 Å². The Morgan fingerprint density at radius 2 is 2.09 bits per heavy atom. The number of nitrogens with one attached hydrogen (secondary N) is 1. The third-order valence-electron chi connectivity index (χ3n) is 4.45. The summed E-state index contributed by atoms with van der Waals surface area (Å²) in [4.78, 5) is 15.0. The molecule has 2 aromatic heterocycles. The van der Waals surface area contributed by atoms with Crippen LogP contribution >= 0.6 is 0 Å². The fourth-order valence-corrected chi connectivity index (χ4v) is 3.27. The first-order valence-electron chi connectivity index (χ1n) is 7.98. The largest absolute Gasteiger partial charge is 0.467 e. The van der Waals surface area contributed by atoms with Gasteiger partial charge in [-0.2, -0.15) is 15.4 Å². The Bertz CT molecular complexity index is 809. The highest BCUT2D eigenvalue weighted by atomic mass is 16.3. The maximum atomic E-state index is 13.0. The Kier molecular flexibility index (Phi) is 3.57. The fraction of sp³-hybridized carbons (Fsp3) is 0.353. The predicted molar refractivity (Wildman–Crippen MR) is 84.8 cm³/mol. The van der Waals surface area contributed by atoms with Crippen molar-refractivity contribution in [2.75, 3.05) is 6.54 Å². The quantitative estimate of drug-likeness (QED) is 0.788. The highest BCUT2D eigenvalue weighted by Crippen LogP contribution is 2.31. The first-order valence-corrected chi connectivity index (χ1v) is 7.98. The van der Waals surface area contributed by atoms with E-state index in [0.29, 0.717) is 11.1 Å². The van der Waals surface area contributed by atoms with Crippen LogP contribution in [-0.4, -0.2) is 32.8 Å². The number of carbonyl (C=O) groups is 1. The van der Waals surface area contributed by atoms with E-state index < -0.39 is 0 Å². The normalized spacial score (nSPS) is 19.0. The van der Waals surface area contributed by atoms with Gasteiger partial charge in [0.05, 0.1) is 12.3 Å². The molecule has 1 aliphatic heterocycles. The van der Waals surface area contributed by atoms with Crippen molar-refractivity contribution < 1.29 is 9.21 Å². The predicted octanol–water partition coefficient (Wildman–Crippen LogP) is 3.31. The molecule has 1 atom stereocenters. The molecule has 0 aliphatic carbocycles. The van der Waals surface area contributed by atoms with E-state index in [-0.39, 0.29) is 11.9 Å². The van der Waals surface area contributed by atoms with E-state index >= 15 is 0 Å². The number of hydrogen-bond donors (Lipinski definition) is 1. The number of benzene rings is 1. The average Bonchev–Trinajstić information content (AvgIpc) is 3.21. The van der Waals surface area contributed by atoms with Crippen molar-refractivity contribution in [1.29, 1.82) is 0 Å². The number of hydrogen-bond acceptors (Lipinski definition) is 4. The standard InChI is InChI=1S/C17H18N4O2/c22-17(12-7-8-13-14(11-12)19-20-18-13)21-9-3-1-2-5-15(21)16-6-4-10-23-16/h4,6-8,10-11,15H,1-3,5,9H2,(H,18,19,20)/t15-/m1/s1. The van der Waals surface area contributed by atoms with E-state index in [2.05, 4.69) is 15.4 Å². The molecule has 3 aromatic rings. The maximum absolute atomic E-state index is 13.0. The summed E-state index contributed by atoms with van der Waals surface area (Å²) in [5, 5.41) is 10.7. The highest BCUT2D eigenvalue weighted by molar-refractivity contribution is 5.97. The van der Waals surface area contributed by atoms with E-state index in [0.717, 1.165) is 43.5 Å². The summed E-state index contributed by atoms with van der Waals surface area (Å²) in [6.45, 7) is 0.751. The Morgan fingerprint density at radius 3 is 2.96 bits per heavy atom. The summed E-state index contributed by atoms with van der Waals surface area (Å²) >= 11 is 0. The van der Waals surface area contributed by atoms with Gasteiger partial charge in [-0.15, -0.1) is 0 Å². The summed E-state index contributed by atoms with van der Waals surface area (Å²) in [6, 6.07) is 9.28. The topological polar surface area (TPSA) is 75.0 Å². The van der Waals surface area contributed by atoms with Crippen LogP contribution in [0.15, 0.2) is 41.0 Å². The molecule has 0 saturated carbocycles. The zero-order valence-electron chi connectivity index (χ0n) is 12.7. The van der Waals surface area contributed by atoms with E-state index in [1.165, 1.54) is 0 Å². The maximum Gasteiger partial charge on any atom is 0.254 e. The van der Waals surface area contributed by atoms with Crippen LogP contribution in [0.25, 0.3) is 11.0 Å². The second kappa shape index (κ2) is 5.87. The first-order chi connectivity index (χ1) is 11.3. The van der Waals surface area contributed by atoms with Crippen LogP contribution in [0.2, 0.25) is 0 Å². The molecule has 1 aromatic carbocycles. The van der Waals surface area contributed by atoms with Crippen LogP contribution in [-0.2, 0) is 0 Å². The average molecular weight is 310 g/mol.